The number of hydrogen-bond acceptors (Lipinski definition) is 6. The summed E-state index contributed by atoms with van der Waals surface area (Å²) in [7, 11) is 3.54. The molecule has 2 aromatic heterocycles. The van der Waals surface area contributed by atoms with E-state index in [1.165, 1.54) is 0 Å². The second-order valence-corrected chi connectivity index (χ2v) is 7.99. The molecule has 2 aromatic rings. The second-order valence-electron chi connectivity index (χ2n) is 7.99. The number of methoxy groups -OCH3 is 1. The molecule has 4 rings (SSSR count). The number of ether oxygens (including phenoxy) is 2. The van der Waals surface area contributed by atoms with Crippen LogP contribution < -0.4 is 15.8 Å². The van der Waals surface area contributed by atoms with Gasteiger partial charge in [-0.2, -0.15) is 5.10 Å². The predicted octanol–water partition coefficient (Wildman–Crippen LogP) is 1.64. The van der Waals surface area contributed by atoms with E-state index in [2.05, 4.69) is 17.1 Å². The predicted molar refractivity (Wildman–Crippen MR) is 109 cm³/mol. The van der Waals surface area contributed by atoms with E-state index in [4.69, 9.17) is 14.6 Å². The number of piperazine rings is 1. The quantitative estimate of drug-likeness (QED) is 0.838. The van der Waals surface area contributed by atoms with Gasteiger partial charge >= 0.3 is 0 Å². The van der Waals surface area contributed by atoms with Gasteiger partial charge in [0.15, 0.2) is 0 Å². The van der Waals surface area contributed by atoms with E-state index >= 15 is 0 Å². The number of nitrogens with zero attached hydrogens (tertiary/aromatic N) is 4. The van der Waals surface area contributed by atoms with Crippen molar-refractivity contribution in [2.75, 3.05) is 38.3 Å². The molecule has 8 heteroatoms. The number of pyridine rings is 1. The van der Waals surface area contributed by atoms with E-state index in [1.54, 1.807) is 17.7 Å². The summed E-state index contributed by atoms with van der Waals surface area (Å²) >= 11 is 0. The maximum absolute atomic E-state index is 12.7. The van der Waals surface area contributed by atoms with Crippen LogP contribution in [0.15, 0.2) is 17.1 Å². The van der Waals surface area contributed by atoms with Crippen molar-refractivity contribution in [1.82, 2.24) is 19.7 Å². The molecule has 28 heavy (non-hydrogen) atoms. The number of nitrogens with one attached hydrogen (secondary N) is 1. The minimum absolute atomic E-state index is 0.0108. The molecule has 2 fully saturated rings. The lowest BCUT2D eigenvalue weighted by atomic mass is 10.1. The van der Waals surface area contributed by atoms with Gasteiger partial charge in [0.2, 0.25) is 0 Å². The zero-order chi connectivity index (χ0) is 19.7. The summed E-state index contributed by atoms with van der Waals surface area (Å²) in [6.07, 6.45) is 6.02. The van der Waals surface area contributed by atoms with Crippen LogP contribution in [0.4, 0.5) is 5.69 Å². The number of fused-ring (bicyclic) bond motifs is 1. The molecule has 3 atom stereocenters. The van der Waals surface area contributed by atoms with Gasteiger partial charge in [0.1, 0.15) is 11.7 Å². The Balaban J connectivity index is 1.77. The van der Waals surface area contributed by atoms with Gasteiger partial charge in [-0.25, -0.2) is 4.68 Å². The maximum atomic E-state index is 12.7. The lowest BCUT2D eigenvalue weighted by molar-refractivity contribution is -0.0390. The molecule has 2 aliphatic heterocycles. The highest BCUT2D eigenvalue weighted by atomic mass is 16.5. The van der Waals surface area contributed by atoms with Crippen molar-refractivity contribution in [3.8, 4) is 0 Å². The van der Waals surface area contributed by atoms with Gasteiger partial charge in [0, 0.05) is 58.6 Å². The Bertz CT molecular complexity index is 869. The van der Waals surface area contributed by atoms with Crippen LogP contribution in [0.3, 0.4) is 0 Å². The Morgan fingerprint density at radius 2 is 2.25 bits per heavy atom. The molecule has 8 nitrogen and oxygen atoms in total. The van der Waals surface area contributed by atoms with Crippen molar-refractivity contribution in [3.63, 3.8) is 0 Å². The van der Waals surface area contributed by atoms with Crippen molar-refractivity contribution < 1.29 is 9.47 Å². The zero-order valence-electron chi connectivity index (χ0n) is 17.1. The third kappa shape index (κ3) is 3.68. The smallest absolute Gasteiger partial charge is 0.252 e. The molecule has 0 aromatic carbocycles. The van der Waals surface area contributed by atoms with Crippen LogP contribution in [0.2, 0.25) is 0 Å². The molecule has 0 amide bonds. The van der Waals surface area contributed by atoms with E-state index in [1.807, 2.05) is 17.9 Å². The van der Waals surface area contributed by atoms with Crippen molar-refractivity contribution in [2.24, 2.45) is 7.05 Å². The summed E-state index contributed by atoms with van der Waals surface area (Å²) in [5.41, 5.74) is 2.63. The van der Waals surface area contributed by atoms with E-state index in [0.717, 1.165) is 62.1 Å². The standard InChI is InChI=1S/C20H31N5O3/c1-14-12-24(15(11-21-14)7-9-27-3)16-10-18(26)23(2)17-13-25(22-20(16)17)19-6-4-5-8-28-19/h10,13-15,19,21H,4-9,11-12H2,1-3H3/t14-,15+,19?/m1/s1. The lowest BCUT2D eigenvalue weighted by Gasteiger charge is -2.41. The Labute approximate surface area is 165 Å². The molecule has 2 saturated heterocycles. The SMILES string of the molecule is COCC[C@H]1CN[C@H](C)CN1c1cc(=O)n(C)c2cn(C3CCCCO3)nc12. The Hall–Kier alpha value is -1.90. The van der Waals surface area contributed by atoms with Crippen LogP contribution in [0.1, 0.15) is 38.8 Å². The average molecular weight is 390 g/mol. The van der Waals surface area contributed by atoms with Gasteiger partial charge in [0.05, 0.1) is 17.4 Å². The fourth-order valence-electron chi connectivity index (χ4n) is 4.27. The van der Waals surface area contributed by atoms with Crippen molar-refractivity contribution >= 4 is 16.7 Å². The summed E-state index contributed by atoms with van der Waals surface area (Å²) in [5, 5.41) is 8.44. The minimum Gasteiger partial charge on any atom is -0.385 e. The van der Waals surface area contributed by atoms with Gasteiger partial charge in [-0.1, -0.05) is 0 Å². The first-order valence-corrected chi connectivity index (χ1v) is 10.3. The molecule has 0 bridgehead atoms. The van der Waals surface area contributed by atoms with Gasteiger partial charge in [0.25, 0.3) is 5.56 Å². The van der Waals surface area contributed by atoms with Crippen LogP contribution in [0, 0.1) is 0 Å². The Kier molecular flexibility index (Phi) is 5.70. The molecule has 1 N–H and O–H groups in total. The lowest BCUT2D eigenvalue weighted by Crippen LogP contribution is -2.56. The first-order chi connectivity index (χ1) is 13.6. The van der Waals surface area contributed by atoms with Crippen LogP contribution in [0.25, 0.3) is 11.0 Å². The normalized spacial score (nSPS) is 26.1. The van der Waals surface area contributed by atoms with Crippen molar-refractivity contribution in [1.29, 1.82) is 0 Å². The first-order valence-electron chi connectivity index (χ1n) is 10.3. The molecule has 1 unspecified atom stereocenters. The Morgan fingerprint density at radius 1 is 1.39 bits per heavy atom. The third-order valence-corrected chi connectivity index (χ3v) is 5.94. The van der Waals surface area contributed by atoms with E-state index in [-0.39, 0.29) is 17.8 Å². The molecule has 0 saturated carbocycles. The fourth-order valence-corrected chi connectivity index (χ4v) is 4.27. The van der Waals surface area contributed by atoms with Crippen LogP contribution >= 0.6 is 0 Å². The third-order valence-electron chi connectivity index (χ3n) is 5.94. The van der Waals surface area contributed by atoms with Crippen molar-refractivity contribution in [2.45, 2.75) is 50.9 Å². The van der Waals surface area contributed by atoms with Crippen molar-refractivity contribution in [3.05, 3.63) is 22.6 Å². The van der Waals surface area contributed by atoms with E-state index in [9.17, 15) is 4.79 Å². The molecular weight excluding hydrogens is 358 g/mol. The number of anilines is 1. The molecule has 4 heterocycles. The van der Waals surface area contributed by atoms with Gasteiger partial charge in [-0.05, 0) is 32.6 Å². The van der Waals surface area contributed by atoms with E-state index < -0.39 is 0 Å². The van der Waals surface area contributed by atoms with Gasteiger partial charge in [-0.15, -0.1) is 0 Å². The first kappa shape index (κ1) is 19.4. The maximum Gasteiger partial charge on any atom is 0.252 e. The average Bonchev–Trinajstić information content (AvgIpc) is 3.16. The topological polar surface area (TPSA) is 73.5 Å². The zero-order valence-corrected chi connectivity index (χ0v) is 17.1. The highest BCUT2D eigenvalue weighted by molar-refractivity contribution is 5.88. The second kappa shape index (κ2) is 8.23. The summed E-state index contributed by atoms with van der Waals surface area (Å²) in [6, 6.07) is 2.35. The Morgan fingerprint density at radius 3 is 3.00 bits per heavy atom. The molecule has 2 aliphatic rings. The number of aryl methyl sites for hydroxylation is 1. The van der Waals surface area contributed by atoms with Crippen LogP contribution in [-0.2, 0) is 16.5 Å². The summed E-state index contributed by atoms with van der Waals surface area (Å²) in [4.78, 5) is 15.0. The fraction of sp³-hybridized carbons (Fsp3) is 0.700. The summed E-state index contributed by atoms with van der Waals surface area (Å²) < 4.78 is 14.8. The largest absolute Gasteiger partial charge is 0.385 e. The molecule has 0 radical (unpaired) electrons. The number of aromatic nitrogens is 3. The van der Waals surface area contributed by atoms with E-state index in [0.29, 0.717) is 12.6 Å². The highest BCUT2D eigenvalue weighted by Crippen LogP contribution is 2.30. The van der Waals surface area contributed by atoms with Gasteiger partial charge in [-0.3, -0.25) is 4.79 Å². The number of rotatable bonds is 5. The monoisotopic (exact) mass is 389 g/mol. The molecule has 0 spiro atoms. The summed E-state index contributed by atoms with van der Waals surface area (Å²) in [5.74, 6) is 0. The molecule has 0 aliphatic carbocycles. The van der Waals surface area contributed by atoms with Crippen LogP contribution in [-0.4, -0.2) is 59.8 Å². The molecule has 154 valence electrons. The summed E-state index contributed by atoms with van der Waals surface area (Å²) in [6.45, 7) is 5.33. The number of hydrogen-bond donors (Lipinski definition) is 1. The van der Waals surface area contributed by atoms with Crippen LogP contribution in [0.5, 0.6) is 0 Å². The highest BCUT2D eigenvalue weighted by Gasteiger charge is 2.29. The van der Waals surface area contributed by atoms with Gasteiger partial charge < -0.3 is 24.3 Å². The molecular formula is C20H31N5O3. The minimum atomic E-state index is -0.0460.